The zero-order chi connectivity index (χ0) is 14.8. The van der Waals surface area contributed by atoms with Crippen molar-refractivity contribution in [1.29, 1.82) is 0 Å². The Kier molecular flexibility index (Phi) is 3.23. The Bertz CT molecular complexity index is 879. The number of hydrogen-bond donors (Lipinski definition) is 1. The molecule has 0 atom stereocenters. The molecule has 0 unspecified atom stereocenters. The van der Waals surface area contributed by atoms with Crippen LogP contribution >= 0.6 is 0 Å². The number of rotatable bonds is 3. The number of fused-ring (bicyclic) bond motifs is 1. The van der Waals surface area contributed by atoms with Crippen molar-refractivity contribution in [3.05, 3.63) is 76.3 Å². The predicted octanol–water partition coefficient (Wildman–Crippen LogP) is 2.14. The summed E-state index contributed by atoms with van der Waals surface area (Å²) in [5.74, 6) is -1.05. The fraction of sp³-hybridized carbons (Fsp3) is 0.0625. The maximum atomic E-state index is 11.9. The van der Waals surface area contributed by atoms with Crippen molar-refractivity contribution in [2.24, 2.45) is 0 Å². The van der Waals surface area contributed by atoms with Crippen LogP contribution < -0.4 is 5.56 Å². The SMILES string of the molecule is O=C(O)c1ccc(=O)n(Cc2ccnc3ccccc23)c1. The van der Waals surface area contributed by atoms with Gasteiger partial charge in [-0.15, -0.1) is 0 Å². The van der Waals surface area contributed by atoms with Gasteiger partial charge in [0.2, 0.25) is 0 Å². The summed E-state index contributed by atoms with van der Waals surface area (Å²) in [5.41, 5.74) is 1.62. The van der Waals surface area contributed by atoms with E-state index in [2.05, 4.69) is 4.98 Å². The van der Waals surface area contributed by atoms with Crippen LogP contribution in [0.5, 0.6) is 0 Å². The molecule has 0 radical (unpaired) electrons. The average molecular weight is 280 g/mol. The minimum Gasteiger partial charge on any atom is -0.478 e. The molecule has 1 aromatic carbocycles. The van der Waals surface area contributed by atoms with Gasteiger partial charge in [-0.3, -0.25) is 9.78 Å². The summed E-state index contributed by atoms with van der Waals surface area (Å²) in [7, 11) is 0. The van der Waals surface area contributed by atoms with Crippen LogP contribution in [0.25, 0.3) is 10.9 Å². The lowest BCUT2D eigenvalue weighted by atomic mass is 10.1. The number of benzene rings is 1. The summed E-state index contributed by atoms with van der Waals surface area (Å²) in [4.78, 5) is 27.2. The number of aromatic nitrogens is 2. The predicted molar refractivity (Wildman–Crippen MR) is 78.5 cm³/mol. The van der Waals surface area contributed by atoms with Crippen molar-refractivity contribution < 1.29 is 9.90 Å². The molecular weight excluding hydrogens is 268 g/mol. The van der Waals surface area contributed by atoms with Crippen molar-refractivity contribution in [1.82, 2.24) is 9.55 Å². The van der Waals surface area contributed by atoms with Gasteiger partial charge in [-0.2, -0.15) is 0 Å². The Balaban J connectivity index is 2.09. The van der Waals surface area contributed by atoms with Crippen molar-refractivity contribution in [2.45, 2.75) is 6.54 Å². The molecule has 0 amide bonds. The molecule has 2 heterocycles. The Morgan fingerprint density at radius 3 is 2.76 bits per heavy atom. The van der Waals surface area contributed by atoms with Crippen molar-refractivity contribution >= 4 is 16.9 Å². The van der Waals surface area contributed by atoms with Crippen molar-refractivity contribution in [3.8, 4) is 0 Å². The van der Waals surface area contributed by atoms with Gasteiger partial charge in [-0.1, -0.05) is 18.2 Å². The molecule has 0 fully saturated rings. The highest BCUT2D eigenvalue weighted by Gasteiger charge is 2.07. The summed E-state index contributed by atoms with van der Waals surface area (Å²) < 4.78 is 1.39. The van der Waals surface area contributed by atoms with E-state index in [1.165, 1.54) is 22.9 Å². The van der Waals surface area contributed by atoms with E-state index >= 15 is 0 Å². The van der Waals surface area contributed by atoms with Gasteiger partial charge in [0.1, 0.15) is 0 Å². The molecule has 0 aliphatic rings. The van der Waals surface area contributed by atoms with E-state index in [1.807, 2.05) is 30.3 Å². The third-order valence-corrected chi connectivity index (χ3v) is 3.31. The number of para-hydroxylation sites is 1. The number of carboxylic acids is 1. The Morgan fingerprint density at radius 1 is 1.14 bits per heavy atom. The summed E-state index contributed by atoms with van der Waals surface area (Å²) in [6.07, 6.45) is 3.05. The molecule has 1 N–H and O–H groups in total. The standard InChI is InChI=1S/C16H12N2O3/c19-15-6-5-12(16(20)21)10-18(15)9-11-7-8-17-14-4-2-1-3-13(11)14/h1-8,10H,9H2,(H,20,21). The zero-order valence-corrected chi connectivity index (χ0v) is 11.1. The quantitative estimate of drug-likeness (QED) is 0.797. The fourth-order valence-electron chi connectivity index (χ4n) is 2.26. The van der Waals surface area contributed by atoms with Crippen LogP contribution in [0, 0.1) is 0 Å². The number of carbonyl (C=O) groups is 1. The second-order valence-corrected chi connectivity index (χ2v) is 4.68. The highest BCUT2D eigenvalue weighted by Crippen LogP contribution is 2.16. The normalized spacial score (nSPS) is 10.7. The first-order valence-electron chi connectivity index (χ1n) is 6.41. The Labute approximate surface area is 120 Å². The number of hydrogen-bond acceptors (Lipinski definition) is 3. The molecular formula is C16H12N2O3. The number of aromatic carboxylic acids is 1. The van der Waals surface area contributed by atoms with E-state index in [4.69, 9.17) is 5.11 Å². The number of nitrogens with zero attached hydrogens (tertiary/aromatic N) is 2. The maximum Gasteiger partial charge on any atom is 0.337 e. The zero-order valence-electron chi connectivity index (χ0n) is 11.1. The van der Waals surface area contributed by atoms with Gasteiger partial charge < -0.3 is 9.67 Å². The molecule has 0 saturated carbocycles. The lowest BCUT2D eigenvalue weighted by molar-refractivity contribution is 0.0696. The van der Waals surface area contributed by atoms with E-state index in [1.54, 1.807) is 6.20 Å². The Hall–Kier alpha value is -2.95. The van der Waals surface area contributed by atoms with Crippen LogP contribution in [0.15, 0.2) is 59.7 Å². The van der Waals surface area contributed by atoms with Crippen LogP contribution in [0.2, 0.25) is 0 Å². The maximum absolute atomic E-state index is 11.9. The van der Waals surface area contributed by atoms with Crippen LogP contribution in [-0.2, 0) is 6.54 Å². The van der Waals surface area contributed by atoms with Gasteiger partial charge in [0.15, 0.2) is 0 Å². The second kappa shape index (κ2) is 5.20. The molecule has 0 bridgehead atoms. The number of pyridine rings is 2. The van der Waals surface area contributed by atoms with Gasteiger partial charge in [0.25, 0.3) is 5.56 Å². The third-order valence-electron chi connectivity index (χ3n) is 3.31. The molecule has 0 aliphatic heterocycles. The van der Waals surface area contributed by atoms with Gasteiger partial charge in [0.05, 0.1) is 17.6 Å². The van der Waals surface area contributed by atoms with Crippen LogP contribution in [0.3, 0.4) is 0 Å². The number of carboxylic acid groups (broad SMARTS) is 1. The van der Waals surface area contributed by atoms with Crippen molar-refractivity contribution in [3.63, 3.8) is 0 Å². The third kappa shape index (κ3) is 2.53. The van der Waals surface area contributed by atoms with E-state index in [0.29, 0.717) is 6.54 Å². The van der Waals surface area contributed by atoms with E-state index < -0.39 is 5.97 Å². The van der Waals surface area contributed by atoms with E-state index in [9.17, 15) is 9.59 Å². The van der Waals surface area contributed by atoms with Crippen LogP contribution in [0.1, 0.15) is 15.9 Å². The lowest BCUT2D eigenvalue weighted by Crippen LogP contribution is -2.20. The smallest absolute Gasteiger partial charge is 0.337 e. The van der Waals surface area contributed by atoms with Gasteiger partial charge >= 0.3 is 5.97 Å². The molecule has 3 aromatic rings. The Morgan fingerprint density at radius 2 is 1.95 bits per heavy atom. The molecule has 104 valence electrons. The molecule has 21 heavy (non-hydrogen) atoms. The van der Waals surface area contributed by atoms with Gasteiger partial charge in [-0.25, -0.2) is 4.79 Å². The summed E-state index contributed by atoms with van der Waals surface area (Å²) in [5, 5.41) is 9.96. The van der Waals surface area contributed by atoms with Crippen LogP contribution in [-0.4, -0.2) is 20.6 Å². The molecule has 2 aromatic heterocycles. The average Bonchev–Trinajstić information content (AvgIpc) is 2.49. The van der Waals surface area contributed by atoms with Gasteiger partial charge in [0, 0.05) is 23.8 Å². The second-order valence-electron chi connectivity index (χ2n) is 4.68. The molecule has 3 rings (SSSR count). The summed E-state index contributed by atoms with van der Waals surface area (Å²) >= 11 is 0. The highest BCUT2D eigenvalue weighted by atomic mass is 16.4. The summed E-state index contributed by atoms with van der Waals surface area (Å²) in [6.45, 7) is 0.309. The molecule has 5 nitrogen and oxygen atoms in total. The first-order valence-corrected chi connectivity index (χ1v) is 6.41. The highest BCUT2D eigenvalue weighted by molar-refractivity contribution is 5.87. The van der Waals surface area contributed by atoms with Gasteiger partial charge in [-0.05, 0) is 23.8 Å². The molecule has 5 heteroatoms. The first kappa shape index (κ1) is 13.1. The molecule has 0 aliphatic carbocycles. The largest absolute Gasteiger partial charge is 0.478 e. The lowest BCUT2D eigenvalue weighted by Gasteiger charge is -2.09. The molecule has 0 spiro atoms. The monoisotopic (exact) mass is 280 g/mol. The van der Waals surface area contributed by atoms with E-state index in [-0.39, 0.29) is 11.1 Å². The van der Waals surface area contributed by atoms with Crippen molar-refractivity contribution in [2.75, 3.05) is 0 Å². The van der Waals surface area contributed by atoms with E-state index in [0.717, 1.165) is 16.5 Å². The topological polar surface area (TPSA) is 72.2 Å². The van der Waals surface area contributed by atoms with Crippen LogP contribution in [0.4, 0.5) is 0 Å². The first-order chi connectivity index (χ1) is 10.1. The molecule has 0 saturated heterocycles. The minimum absolute atomic E-state index is 0.0907. The minimum atomic E-state index is -1.05. The fourth-order valence-corrected chi connectivity index (χ4v) is 2.26. The summed E-state index contributed by atoms with van der Waals surface area (Å²) in [6, 6.07) is 12.1.